The Morgan fingerprint density at radius 1 is 0.976 bits per heavy atom. The van der Waals surface area contributed by atoms with E-state index >= 15 is 0 Å². The number of carboxylic acid groups (broad SMARTS) is 1. The van der Waals surface area contributed by atoms with Crippen LogP contribution < -0.4 is 10.9 Å². The largest absolute Gasteiger partial charge is 0.480 e. The van der Waals surface area contributed by atoms with Gasteiger partial charge in [-0.1, -0.05) is 82.5 Å². The Hall–Kier alpha value is -3.94. The van der Waals surface area contributed by atoms with E-state index in [1.807, 2.05) is 69.3 Å². The second-order valence-corrected chi connectivity index (χ2v) is 12.5. The van der Waals surface area contributed by atoms with Crippen LogP contribution in [0.2, 0.25) is 0 Å². The highest BCUT2D eigenvalue weighted by molar-refractivity contribution is 5.87. The number of rotatable bonds is 7. The number of anilines is 1. The van der Waals surface area contributed by atoms with Crippen LogP contribution in [0.5, 0.6) is 0 Å². The molecule has 0 unspecified atom stereocenters. The fraction of sp³-hybridized carbons (Fsp3) is 0.455. The van der Waals surface area contributed by atoms with Crippen LogP contribution >= 0.6 is 0 Å². The van der Waals surface area contributed by atoms with Crippen LogP contribution in [0.4, 0.5) is 5.82 Å². The number of carbonyl (C=O) groups is 2. The van der Waals surface area contributed by atoms with Crippen molar-refractivity contribution in [3.8, 4) is 0 Å². The first kappa shape index (κ1) is 28.6. The monoisotopic (exact) mass is 556 g/mol. The molecule has 2 aromatic heterocycles. The average Bonchev–Trinajstić information content (AvgIpc) is 3.31. The van der Waals surface area contributed by atoms with E-state index in [-0.39, 0.29) is 29.3 Å². The van der Waals surface area contributed by atoms with Gasteiger partial charge in [0.1, 0.15) is 11.9 Å². The molecule has 2 N–H and O–H groups in total. The predicted molar refractivity (Wildman–Crippen MR) is 158 cm³/mol. The number of aromatic nitrogens is 2. The van der Waals surface area contributed by atoms with Crippen molar-refractivity contribution in [3.63, 3.8) is 0 Å². The molecule has 4 atom stereocenters. The standard InChI is InChI=1S/C33H40N4O4/c1-33(2,3)27-28(35-25-18-17-22(20-34-25)21-36-19-11-10-16-26(36)38)29(23-12-6-4-7-13-23)37(30(27)32(40)41)31(39)24-14-8-5-9-15-24/h4,6-7,10-13,16-20,24,27-30H,5,8-9,14-15,21H2,1-3H3,(H,34,35)(H,40,41)/t27-,28-,29-,30-/m0/s1. The maximum atomic E-state index is 14.2. The zero-order valence-electron chi connectivity index (χ0n) is 24.1. The molecule has 0 radical (unpaired) electrons. The molecule has 8 nitrogen and oxygen atoms in total. The fourth-order valence-electron chi connectivity index (χ4n) is 6.78. The topological polar surface area (TPSA) is 105 Å². The Labute approximate surface area is 241 Å². The Kier molecular flexibility index (Phi) is 8.29. The van der Waals surface area contributed by atoms with E-state index < -0.39 is 23.5 Å². The summed E-state index contributed by atoms with van der Waals surface area (Å²) >= 11 is 0. The summed E-state index contributed by atoms with van der Waals surface area (Å²) in [4.78, 5) is 45.7. The summed E-state index contributed by atoms with van der Waals surface area (Å²) < 4.78 is 1.62. The van der Waals surface area contributed by atoms with Crippen molar-refractivity contribution in [2.75, 3.05) is 5.32 Å². The third-order valence-corrected chi connectivity index (χ3v) is 8.66. The summed E-state index contributed by atoms with van der Waals surface area (Å²) in [5.41, 5.74) is 1.28. The zero-order valence-corrected chi connectivity index (χ0v) is 24.1. The smallest absolute Gasteiger partial charge is 0.326 e. The first-order valence-electron chi connectivity index (χ1n) is 14.6. The summed E-state index contributed by atoms with van der Waals surface area (Å²) in [5, 5.41) is 14.2. The van der Waals surface area contributed by atoms with E-state index in [1.165, 1.54) is 6.07 Å². The molecule has 3 heterocycles. The number of hydrogen-bond donors (Lipinski definition) is 2. The number of hydrogen-bond acceptors (Lipinski definition) is 5. The van der Waals surface area contributed by atoms with Gasteiger partial charge in [0.2, 0.25) is 5.91 Å². The number of pyridine rings is 2. The normalized spacial score (nSPS) is 23.3. The number of carbonyl (C=O) groups excluding carboxylic acids is 1. The molecule has 216 valence electrons. The van der Waals surface area contributed by atoms with Crippen molar-refractivity contribution in [2.45, 2.75) is 77.5 Å². The number of nitrogens with one attached hydrogen (secondary N) is 1. The van der Waals surface area contributed by atoms with Gasteiger partial charge in [-0.3, -0.25) is 9.59 Å². The Balaban J connectivity index is 1.53. The molecule has 2 fully saturated rings. The van der Waals surface area contributed by atoms with E-state index in [4.69, 9.17) is 0 Å². The zero-order chi connectivity index (χ0) is 29.1. The molecule has 1 amide bonds. The third kappa shape index (κ3) is 6.06. The van der Waals surface area contributed by atoms with Gasteiger partial charge in [0, 0.05) is 30.3 Å². The van der Waals surface area contributed by atoms with Crippen LogP contribution in [0, 0.1) is 17.3 Å². The molecular formula is C33H40N4O4. The molecule has 8 heteroatoms. The number of benzene rings is 1. The van der Waals surface area contributed by atoms with Gasteiger partial charge in [-0.05, 0) is 41.5 Å². The van der Waals surface area contributed by atoms with Crippen molar-refractivity contribution in [3.05, 3.63) is 94.5 Å². The minimum atomic E-state index is -0.976. The Bertz CT molecular complexity index is 1410. The Morgan fingerprint density at radius 3 is 2.29 bits per heavy atom. The molecular weight excluding hydrogens is 516 g/mol. The van der Waals surface area contributed by atoms with E-state index in [1.54, 1.807) is 27.9 Å². The number of aliphatic carboxylic acids is 1. The fourth-order valence-corrected chi connectivity index (χ4v) is 6.78. The van der Waals surface area contributed by atoms with Crippen LogP contribution in [-0.2, 0) is 16.1 Å². The second kappa shape index (κ2) is 11.9. The molecule has 1 aliphatic carbocycles. The summed E-state index contributed by atoms with van der Waals surface area (Å²) in [7, 11) is 0. The number of carboxylic acids is 1. The van der Waals surface area contributed by atoms with Gasteiger partial charge in [0.15, 0.2) is 0 Å². The maximum Gasteiger partial charge on any atom is 0.326 e. The first-order valence-corrected chi connectivity index (χ1v) is 14.6. The highest BCUT2D eigenvalue weighted by Crippen LogP contribution is 2.50. The maximum absolute atomic E-state index is 14.2. The molecule has 3 aromatic rings. The molecule has 1 saturated heterocycles. The van der Waals surface area contributed by atoms with E-state index in [2.05, 4.69) is 10.3 Å². The highest BCUT2D eigenvalue weighted by Gasteiger charge is 2.58. The quantitative estimate of drug-likeness (QED) is 0.407. The lowest BCUT2D eigenvalue weighted by molar-refractivity contribution is -0.154. The van der Waals surface area contributed by atoms with Crippen molar-refractivity contribution < 1.29 is 14.7 Å². The summed E-state index contributed by atoms with van der Waals surface area (Å²) in [6.07, 6.45) is 8.18. The van der Waals surface area contributed by atoms with E-state index in [0.29, 0.717) is 12.4 Å². The minimum Gasteiger partial charge on any atom is -0.480 e. The van der Waals surface area contributed by atoms with Gasteiger partial charge >= 0.3 is 5.97 Å². The van der Waals surface area contributed by atoms with Crippen molar-refractivity contribution >= 4 is 17.7 Å². The molecule has 1 aliphatic heterocycles. The van der Waals surface area contributed by atoms with Crippen LogP contribution in [0.3, 0.4) is 0 Å². The second-order valence-electron chi connectivity index (χ2n) is 12.5. The summed E-state index contributed by atoms with van der Waals surface area (Å²) in [6, 6.07) is 16.8. The van der Waals surface area contributed by atoms with Crippen molar-refractivity contribution in [1.29, 1.82) is 0 Å². The lowest BCUT2D eigenvalue weighted by atomic mass is 9.72. The highest BCUT2D eigenvalue weighted by atomic mass is 16.4. The number of amides is 1. The Morgan fingerprint density at radius 2 is 1.68 bits per heavy atom. The van der Waals surface area contributed by atoms with Crippen LogP contribution in [0.1, 0.15) is 70.0 Å². The lowest BCUT2D eigenvalue weighted by Gasteiger charge is -2.36. The van der Waals surface area contributed by atoms with Crippen LogP contribution in [-0.4, -0.2) is 43.5 Å². The van der Waals surface area contributed by atoms with Gasteiger partial charge in [-0.15, -0.1) is 0 Å². The summed E-state index contributed by atoms with van der Waals surface area (Å²) in [5.74, 6) is -0.973. The molecule has 2 aliphatic rings. The van der Waals surface area contributed by atoms with Gasteiger partial charge in [-0.25, -0.2) is 9.78 Å². The summed E-state index contributed by atoms with van der Waals surface area (Å²) in [6.45, 7) is 6.55. The molecule has 41 heavy (non-hydrogen) atoms. The van der Waals surface area contributed by atoms with Crippen molar-refractivity contribution in [2.24, 2.45) is 17.3 Å². The van der Waals surface area contributed by atoms with E-state index in [9.17, 15) is 19.5 Å². The van der Waals surface area contributed by atoms with Gasteiger partial charge in [0.25, 0.3) is 5.56 Å². The average molecular weight is 557 g/mol. The molecule has 5 rings (SSSR count). The lowest BCUT2D eigenvalue weighted by Crippen LogP contribution is -2.49. The number of likely N-dealkylation sites (tertiary alicyclic amines) is 1. The SMILES string of the molecule is CC(C)(C)[C@H]1[C@H](Nc2ccc(Cn3ccccc3=O)cn2)[C@H](c2ccccc2)N(C(=O)C2CCCCC2)[C@@H]1C(=O)O. The molecule has 1 aromatic carbocycles. The van der Waals surface area contributed by atoms with Crippen LogP contribution in [0.15, 0.2) is 77.9 Å². The van der Waals surface area contributed by atoms with Gasteiger partial charge in [-0.2, -0.15) is 0 Å². The first-order chi connectivity index (χ1) is 19.6. The van der Waals surface area contributed by atoms with Gasteiger partial charge < -0.3 is 19.9 Å². The minimum absolute atomic E-state index is 0.0545. The third-order valence-electron chi connectivity index (χ3n) is 8.66. The number of nitrogens with zero attached hydrogens (tertiary/aromatic N) is 3. The van der Waals surface area contributed by atoms with E-state index in [0.717, 1.165) is 43.2 Å². The van der Waals surface area contributed by atoms with Crippen molar-refractivity contribution in [1.82, 2.24) is 14.5 Å². The predicted octanol–water partition coefficient (Wildman–Crippen LogP) is 5.35. The van der Waals surface area contributed by atoms with Gasteiger partial charge in [0.05, 0.1) is 18.6 Å². The van der Waals surface area contributed by atoms with Crippen LogP contribution in [0.25, 0.3) is 0 Å². The molecule has 1 saturated carbocycles. The molecule has 0 spiro atoms. The molecule has 0 bridgehead atoms.